The summed E-state index contributed by atoms with van der Waals surface area (Å²) in [4.78, 5) is 25.1. The van der Waals surface area contributed by atoms with Crippen LogP contribution in [0.15, 0.2) is 6.20 Å². The van der Waals surface area contributed by atoms with Crippen LogP contribution < -0.4 is 0 Å². The lowest BCUT2D eigenvalue weighted by Crippen LogP contribution is -2.33. The summed E-state index contributed by atoms with van der Waals surface area (Å²) in [6.07, 6.45) is 2.65. The maximum atomic E-state index is 12.5. The summed E-state index contributed by atoms with van der Waals surface area (Å²) in [6.45, 7) is 6.86. The molecule has 2 heterocycles. The predicted octanol–water partition coefficient (Wildman–Crippen LogP) is 2.28. The van der Waals surface area contributed by atoms with E-state index in [2.05, 4.69) is 21.9 Å². The number of rotatable bonds is 4. The van der Waals surface area contributed by atoms with Gasteiger partial charge in [0.1, 0.15) is 5.82 Å². The van der Waals surface area contributed by atoms with E-state index < -0.39 is 0 Å². The summed E-state index contributed by atoms with van der Waals surface area (Å²) >= 11 is 6.10. The highest BCUT2D eigenvalue weighted by atomic mass is 35.5. The van der Waals surface area contributed by atoms with Crippen molar-refractivity contribution in [3.63, 3.8) is 0 Å². The number of nitrogens with zero attached hydrogens (tertiary/aromatic N) is 4. The van der Waals surface area contributed by atoms with E-state index in [4.69, 9.17) is 11.6 Å². The van der Waals surface area contributed by atoms with E-state index in [9.17, 15) is 4.79 Å². The summed E-state index contributed by atoms with van der Waals surface area (Å²) in [6, 6.07) is 0. The van der Waals surface area contributed by atoms with Crippen molar-refractivity contribution >= 4 is 17.5 Å². The maximum Gasteiger partial charge on any atom is 0.273 e. The lowest BCUT2D eigenvalue weighted by Gasteiger charge is -2.21. The van der Waals surface area contributed by atoms with E-state index in [-0.39, 0.29) is 11.8 Å². The van der Waals surface area contributed by atoms with Gasteiger partial charge in [0.25, 0.3) is 5.91 Å². The smallest absolute Gasteiger partial charge is 0.273 e. The third kappa shape index (κ3) is 3.92. The summed E-state index contributed by atoms with van der Waals surface area (Å²) in [5.74, 6) is 1.22. The van der Waals surface area contributed by atoms with E-state index in [0.29, 0.717) is 22.5 Å². The third-order valence-corrected chi connectivity index (χ3v) is 4.13. The number of amides is 1. The molecule has 0 radical (unpaired) electrons. The summed E-state index contributed by atoms with van der Waals surface area (Å²) in [7, 11) is 3.92. The molecule has 0 bridgehead atoms. The molecule has 1 atom stereocenters. The highest BCUT2D eigenvalue weighted by molar-refractivity contribution is 6.33. The van der Waals surface area contributed by atoms with Crippen molar-refractivity contribution in [2.45, 2.75) is 26.2 Å². The lowest BCUT2D eigenvalue weighted by molar-refractivity contribution is 0.0768. The zero-order valence-corrected chi connectivity index (χ0v) is 13.9. The molecule has 1 aliphatic heterocycles. The average Bonchev–Trinajstić information content (AvgIpc) is 2.83. The molecule has 1 fully saturated rings. The first-order chi connectivity index (χ1) is 9.88. The molecule has 1 aromatic rings. The highest BCUT2D eigenvalue weighted by Crippen LogP contribution is 2.20. The molecule has 21 heavy (non-hydrogen) atoms. The lowest BCUT2D eigenvalue weighted by atomic mass is 10.1. The van der Waals surface area contributed by atoms with Crippen molar-refractivity contribution in [3.05, 3.63) is 22.7 Å². The number of hydrogen-bond donors (Lipinski definition) is 0. The molecule has 0 N–H and O–H groups in total. The Kier molecular flexibility index (Phi) is 5.17. The van der Waals surface area contributed by atoms with Crippen molar-refractivity contribution in [1.29, 1.82) is 0 Å². The molecule has 1 unspecified atom stereocenters. The number of halogens is 1. The minimum Gasteiger partial charge on any atom is -0.340 e. The van der Waals surface area contributed by atoms with E-state index >= 15 is 0 Å². The largest absolute Gasteiger partial charge is 0.340 e. The van der Waals surface area contributed by atoms with Crippen LogP contribution in [0, 0.1) is 5.92 Å². The van der Waals surface area contributed by atoms with Gasteiger partial charge in [0.2, 0.25) is 0 Å². The zero-order valence-electron chi connectivity index (χ0n) is 13.1. The van der Waals surface area contributed by atoms with Gasteiger partial charge >= 0.3 is 0 Å². The Labute approximate surface area is 131 Å². The van der Waals surface area contributed by atoms with Crippen LogP contribution >= 0.6 is 11.6 Å². The van der Waals surface area contributed by atoms with Crippen molar-refractivity contribution in [1.82, 2.24) is 19.8 Å². The number of hydrogen-bond acceptors (Lipinski definition) is 4. The summed E-state index contributed by atoms with van der Waals surface area (Å²) < 4.78 is 0. The Balaban J connectivity index is 2.09. The molecule has 0 aromatic carbocycles. The maximum absolute atomic E-state index is 12.5. The number of likely N-dealkylation sites (tertiary alicyclic amines) is 1. The van der Waals surface area contributed by atoms with Crippen LogP contribution in [0.1, 0.15) is 42.5 Å². The fourth-order valence-corrected chi connectivity index (χ4v) is 2.81. The highest BCUT2D eigenvalue weighted by Gasteiger charge is 2.25. The molecule has 0 spiro atoms. The van der Waals surface area contributed by atoms with Crippen LogP contribution in [0.25, 0.3) is 0 Å². The van der Waals surface area contributed by atoms with Crippen LogP contribution in [0.3, 0.4) is 0 Å². The van der Waals surface area contributed by atoms with Crippen molar-refractivity contribution in [2.24, 2.45) is 5.92 Å². The molecule has 0 aliphatic carbocycles. The van der Waals surface area contributed by atoms with E-state index in [1.807, 2.05) is 20.9 Å². The monoisotopic (exact) mass is 310 g/mol. The van der Waals surface area contributed by atoms with Crippen LogP contribution in [-0.2, 0) is 0 Å². The number of aromatic nitrogens is 2. The molecule has 5 nitrogen and oxygen atoms in total. The first-order valence-corrected chi connectivity index (χ1v) is 7.72. The Morgan fingerprint density at radius 2 is 2.29 bits per heavy atom. The molecule has 6 heteroatoms. The Morgan fingerprint density at radius 3 is 2.86 bits per heavy atom. The standard InChI is InChI=1S/C15H23ClN4O/c1-10(2)14-17-7-12(16)13(18-14)15(21)20(4)9-11-5-6-19(3)8-11/h7,10-11H,5-6,8-9H2,1-4H3. The van der Waals surface area contributed by atoms with Gasteiger partial charge in [-0.25, -0.2) is 9.97 Å². The second-order valence-electron chi connectivity index (χ2n) is 6.18. The SMILES string of the molecule is CC(C)c1ncc(Cl)c(C(=O)N(C)CC2CCN(C)C2)n1. The van der Waals surface area contributed by atoms with Gasteiger partial charge in [-0.05, 0) is 25.9 Å². The zero-order chi connectivity index (χ0) is 15.6. The molecule has 0 saturated carbocycles. The Bertz CT molecular complexity index is 520. The molecule has 116 valence electrons. The molecular formula is C15H23ClN4O. The number of carbonyl (C=O) groups is 1. The van der Waals surface area contributed by atoms with Gasteiger partial charge in [0.05, 0.1) is 11.2 Å². The molecule has 2 rings (SSSR count). The van der Waals surface area contributed by atoms with Crippen molar-refractivity contribution in [3.8, 4) is 0 Å². The van der Waals surface area contributed by atoms with Gasteiger partial charge in [-0.2, -0.15) is 0 Å². The predicted molar refractivity (Wildman–Crippen MR) is 83.7 cm³/mol. The first kappa shape index (κ1) is 16.2. The van der Waals surface area contributed by atoms with Crippen LogP contribution in [0.2, 0.25) is 5.02 Å². The molecular weight excluding hydrogens is 288 g/mol. The van der Waals surface area contributed by atoms with Gasteiger partial charge in [0.15, 0.2) is 5.69 Å². The number of carbonyl (C=O) groups excluding carboxylic acids is 1. The average molecular weight is 311 g/mol. The van der Waals surface area contributed by atoms with Gasteiger partial charge in [-0.3, -0.25) is 4.79 Å². The Hall–Kier alpha value is -1.20. The van der Waals surface area contributed by atoms with Crippen LogP contribution in [-0.4, -0.2) is 59.4 Å². The van der Waals surface area contributed by atoms with Crippen molar-refractivity contribution < 1.29 is 4.79 Å². The molecule has 1 aliphatic rings. The van der Waals surface area contributed by atoms with Crippen LogP contribution in [0.5, 0.6) is 0 Å². The molecule has 1 aromatic heterocycles. The summed E-state index contributed by atoms with van der Waals surface area (Å²) in [5.41, 5.74) is 0.309. The second kappa shape index (κ2) is 6.71. The van der Waals surface area contributed by atoms with Gasteiger partial charge < -0.3 is 9.80 Å². The second-order valence-corrected chi connectivity index (χ2v) is 6.59. The van der Waals surface area contributed by atoms with Gasteiger partial charge in [-0.1, -0.05) is 25.4 Å². The fraction of sp³-hybridized carbons (Fsp3) is 0.667. The molecule has 1 amide bonds. The fourth-order valence-electron chi connectivity index (χ4n) is 2.64. The quantitative estimate of drug-likeness (QED) is 0.856. The minimum absolute atomic E-state index is 0.126. The topological polar surface area (TPSA) is 49.3 Å². The van der Waals surface area contributed by atoms with E-state index in [1.165, 1.54) is 6.20 Å². The van der Waals surface area contributed by atoms with Gasteiger partial charge in [0, 0.05) is 26.1 Å². The molecule has 1 saturated heterocycles. The van der Waals surface area contributed by atoms with Crippen molar-refractivity contribution in [2.75, 3.05) is 33.7 Å². The van der Waals surface area contributed by atoms with Gasteiger partial charge in [-0.15, -0.1) is 0 Å². The van der Waals surface area contributed by atoms with E-state index in [0.717, 1.165) is 26.1 Å². The Morgan fingerprint density at radius 1 is 1.57 bits per heavy atom. The van der Waals surface area contributed by atoms with Crippen LogP contribution in [0.4, 0.5) is 0 Å². The minimum atomic E-state index is -0.126. The third-order valence-electron chi connectivity index (χ3n) is 3.85. The van der Waals surface area contributed by atoms with E-state index in [1.54, 1.807) is 4.90 Å². The summed E-state index contributed by atoms with van der Waals surface area (Å²) in [5, 5.41) is 0.319. The first-order valence-electron chi connectivity index (χ1n) is 7.35. The normalized spacial score (nSPS) is 19.2.